The van der Waals surface area contributed by atoms with Gasteiger partial charge in [0.05, 0.1) is 5.52 Å². The largest absolute Gasteiger partial charge is 0.490 e. The fourth-order valence-electron chi connectivity index (χ4n) is 3.08. The summed E-state index contributed by atoms with van der Waals surface area (Å²) in [7, 11) is 0. The highest BCUT2D eigenvalue weighted by Crippen LogP contribution is 2.26. The summed E-state index contributed by atoms with van der Waals surface area (Å²) in [5.41, 5.74) is 3.40. The standard InChI is InChI=1S/C20H20N2O.2ClH/c1-2-16-3-4-17(14-20(16)22-11-1)15-5-7-18(8-6-15)23-19-9-12-21-13-10-19;;/h1-8,11,14,19,21H,9-10,12-13H2;2*1H. The summed E-state index contributed by atoms with van der Waals surface area (Å²) in [5.74, 6) is 0.958. The van der Waals surface area contributed by atoms with Gasteiger partial charge < -0.3 is 10.1 Å². The number of nitrogens with zero attached hydrogens (tertiary/aromatic N) is 1. The number of pyridine rings is 1. The molecule has 0 atom stereocenters. The summed E-state index contributed by atoms with van der Waals surface area (Å²) in [6.45, 7) is 2.10. The second-order valence-corrected chi connectivity index (χ2v) is 6.00. The van der Waals surface area contributed by atoms with E-state index in [-0.39, 0.29) is 24.8 Å². The number of halogens is 2. The quantitative estimate of drug-likeness (QED) is 0.707. The van der Waals surface area contributed by atoms with Gasteiger partial charge in [-0.05, 0) is 61.3 Å². The second-order valence-electron chi connectivity index (χ2n) is 6.00. The zero-order valence-corrected chi connectivity index (χ0v) is 15.5. The molecule has 0 aliphatic carbocycles. The summed E-state index contributed by atoms with van der Waals surface area (Å²) >= 11 is 0. The highest BCUT2D eigenvalue weighted by atomic mass is 35.5. The van der Waals surface area contributed by atoms with Crippen molar-refractivity contribution in [1.82, 2.24) is 10.3 Å². The third-order valence-corrected chi connectivity index (χ3v) is 4.38. The van der Waals surface area contributed by atoms with E-state index in [2.05, 4.69) is 58.8 Å². The van der Waals surface area contributed by atoms with E-state index in [0.29, 0.717) is 6.10 Å². The molecule has 1 saturated heterocycles. The average molecular weight is 377 g/mol. The molecule has 0 spiro atoms. The first-order valence-electron chi connectivity index (χ1n) is 8.21. The molecule has 1 aliphatic heterocycles. The van der Waals surface area contributed by atoms with E-state index in [0.717, 1.165) is 37.2 Å². The Kier molecular flexibility index (Phi) is 7.06. The number of fused-ring (bicyclic) bond motifs is 1. The van der Waals surface area contributed by atoms with E-state index in [1.165, 1.54) is 16.5 Å². The third kappa shape index (κ3) is 4.63. The number of rotatable bonds is 3. The zero-order chi connectivity index (χ0) is 15.5. The number of hydrogen-bond acceptors (Lipinski definition) is 3. The molecule has 1 aromatic heterocycles. The molecule has 3 nitrogen and oxygen atoms in total. The maximum absolute atomic E-state index is 6.06. The Bertz CT molecular complexity index is 802. The molecule has 25 heavy (non-hydrogen) atoms. The van der Waals surface area contributed by atoms with E-state index < -0.39 is 0 Å². The average Bonchev–Trinajstić information content (AvgIpc) is 2.63. The Morgan fingerprint density at radius 3 is 2.36 bits per heavy atom. The molecule has 0 saturated carbocycles. The maximum Gasteiger partial charge on any atom is 0.119 e. The highest BCUT2D eigenvalue weighted by Gasteiger charge is 2.14. The van der Waals surface area contributed by atoms with Gasteiger partial charge in [-0.25, -0.2) is 0 Å². The summed E-state index contributed by atoms with van der Waals surface area (Å²) in [4.78, 5) is 4.43. The summed E-state index contributed by atoms with van der Waals surface area (Å²) < 4.78 is 6.06. The molecule has 0 amide bonds. The first kappa shape index (κ1) is 19.5. The van der Waals surface area contributed by atoms with Gasteiger partial charge in [0.2, 0.25) is 0 Å². The van der Waals surface area contributed by atoms with Crippen molar-refractivity contribution in [2.75, 3.05) is 13.1 Å². The first-order valence-corrected chi connectivity index (χ1v) is 8.21. The van der Waals surface area contributed by atoms with Crippen LogP contribution in [-0.4, -0.2) is 24.2 Å². The number of benzene rings is 2. The van der Waals surface area contributed by atoms with Crippen molar-refractivity contribution in [3.63, 3.8) is 0 Å². The molecule has 3 aromatic rings. The molecule has 1 aliphatic rings. The van der Waals surface area contributed by atoms with Gasteiger partial charge in [0.25, 0.3) is 0 Å². The van der Waals surface area contributed by atoms with Crippen LogP contribution in [-0.2, 0) is 0 Å². The fraction of sp³-hybridized carbons (Fsp3) is 0.250. The van der Waals surface area contributed by atoms with Crippen LogP contribution in [0.4, 0.5) is 0 Å². The lowest BCUT2D eigenvalue weighted by Gasteiger charge is -2.23. The minimum absolute atomic E-state index is 0. The molecule has 1 fully saturated rings. The van der Waals surface area contributed by atoms with Gasteiger partial charge in [0, 0.05) is 11.6 Å². The lowest BCUT2D eigenvalue weighted by atomic mass is 10.0. The Morgan fingerprint density at radius 1 is 0.880 bits per heavy atom. The van der Waals surface area contributed by atoms with Crippen LogP contribution in [0.15, 0.2) is 60.8 Å². The smallest absolute Gasteiger partial charge is 0.119 e. The van der Waals surface area contributed by atoms with E-state index in [1.807, 2.05) is 12.3 Å². The maximum atomic E-state index is 6.06. The summed E-state index contributed by atoms with van der Waals surface area (Å²) in [5, 5.41) is 4.53. The van der Waals surface area contributed by atoms with Crippen molar-refractivity contribution in [1.29, 1.82) is 0 Å². The van der Waals surface area contributed by atoms with E-state index in [1.54, 1.807) is 0 Å². The Balaban J connectivity index is 0.00000113. The van der Waals surface area contributed by atoms with Gasteiger partial charge in [-0.3, -0.25) is 4.98 Å². The highest BCUT2D eigenvalue weighted by molar-refractivity contribution is 5.86. The molecule has 4 rings (SSSR count). The fourth-order valence-corrected chi connectivity index (χ4v) is 3.08. The third-order valence-electron chi connectivity index (χ3n) is 4.38. The Labute approximate surface area is 160 Å². The number of hydrogen-bond donors (Lipinski definition) is 1. The van der Waals surface area contributed by atoms with Crippen molar-refractivity contribution in [3.05, 3.63) is 60.8 Å². The first-order chi connectivity index (χ1) is 11.4. The lowest BCUT2D eigenvalue weighted by molar-refractivity contribution is 0.162. The Morgan fingerprint density at radius 2 is 1.60 bits per heavy atom. The van der Waals surface area contributed by atoms with Gasteiger partial charge in [-0.2, -0.15) is 0 Å². The van der Waals surface area contributed by atoms with Gasteiger partial charge in [-0.15, -0.1) is 24.8 Å². The molecule has 132 valence electrons. The van der Waals surface area contributed by atoms with Crippen molar-refractivity contribution in [2.45, 2.75) is 18.9 Å². The molecule has 0 radical (unpaired) electrons. The van der Waals surface area contributed by atoms with E-state index >= 15 is 0 Å². The topological polar surface area (TPSA) is 34.1 Å². The number of ether oxygens (including phenoxy) is 1. The van der Waals surface area contributed by atoms with Crippen molar-refractivity contribution in [3.8, 4) is 16.9 Å². The van der Waals surface area contributed by atoms with Crippen LogP contribution in [0.25, 0.3) is 22.0 Å². The van der Waals surface area contributed by atoms with Crippen molar-refractivity contribution >= 4 is 35.7 Å². The molecule has 0 bridgehead atoms. The van der Waals surface area contributed by atoms with Crippen LogP contribution in [0.1, 0.15) is 12.8 Å². The molecule has 5 heteroatoms. The van der Waals surface area contributed by atoms with Crippen LogP contribution in [0.5, 0.6) is 5.75 Å². The monoisotopic (exact) mass is 376 g/mol. The minimum atomic E-state index is 0. The number of nitrogens with one attached hydrogen (secondary N) is 1. The van der Waals surface area contributed by atoms with Crippen LogP contribution >= 0.6 is 24.8 Å². The number of aromatic nitrogens is 1. The normalized spacial score (nSPS) is 14.4. The predicted octanol–water partition coefficient (Wildman–Crippen LogP) is 4.88. The minimum Gasteiger partial charge on any atom is -0.490 e. The predicted molar refractivity (Wildman–Crippen MR) is 108 cm³/mol. The van der Waals surface area contributed by atoms with Crippen LogP contribution in [0.3, 0.4) is 0 Å². The van der Waals surface area contributed by atoms with E-state index in [4.69, 9.17) is 4.74 Å². The van der Waals surface area contributed by atoms with Gasteiger partial charge in [0.1, 0.15) is 11.9 Å². The molecule has 1 N–H and O–H groups in total. The number of piperidine rings is 1. The summed E-state index contributed by atoms with van der Waals surface area (Å²) in [6.07, 6.45) is 4.34. The van der Waals surface area contributed by atoms with Crippen LogP contribution in [0.2, 0.25) is 0 Å². The van der Waals surface area contributed by atoms with Crippen molar-refractivity contribution in [2.24, 2.45) is 0 Å². The van der Waals surface area contributed by atoms with Gasteiger partial charge in [0.15, 0.2) is 0 Å². The molecular weight excluding hydrogens is 355 g/mol. The van der Waals surface area contributed by atoms with Gasteiger partial charge in [-0.1, -0.05) is 30.3 Å². The second kappa shape index (κ2) is 9.04. The van der Waals surface area contributed by atoms with Crippen LogP contribution < -0.4 is 10.1 Å². The SMILES string of the molecule is Cl.Cl.c1cnc2cc(-c3ccc(OC4CCNCC4)cc3)ccc2c1. The summed E-state index contributed by atoms with van der Waals surface area (Å²) in [6, 6.07) is 18.8. The molecule has 2 aromatic carbocycles. The van der Waals surface area contributed by atoms with Gasteiger partial charge >= 0.3 is 0 Å². The lowest BCUT2D eigenvalue weighted by Crippen LogP contribution is -2.34. The Hall–Kier alpha value is -1.81. The zero-order valence-electron chi connectivity index (χ0n) is 13.9. The van der Waals surface area contributed by atoms with Crippen LogP contribution in [0, 0.1) is 0 Å². The van der Waals surface area contributed by atoms with Crippen molar-refractivity contribution < 1.29 is 4.74 Å². The van der Waals surface area contributed by atoms with E-state index in [9.17, 15) is 0 Å². The molecular formula is C20H22Cl2N2O. The molecule has 2 heterocycles. The molecule has 0 unspecified atom stereocenters.